The molecule has 4 rings (SSSR count). The highest BCUT2D eigenvalue weighted by Crippen LogP contribution is 2.43. The first-order valence-electron chi connectivity index (χ1n) is 9.80. The maximum absolute atomic E-state index is 4.57. The van der Waals surface area contributed by atoms with Crippen molar-refractivity contribution in [2.45, 2.75) is 44.1 Å². The summed E-state index contributed by atoms with van der Waals surface area (Å²) in [5.41, 5.74) is 3.45. The lowest BCUT2D eigenvalue weighted by Gasteiger charge is -2.47. The van der Waals surface area contributed by atoms with Crippen molar-refractivity contribution in [2.24, 2.45) is 4.99 Å². The fourth-order valence-corrected chi connectivity index (χ4v) is 4.79. The van der Waals surface area contributed by atoms with Crippen LogP contribution in [-0.4, -0.2) is 47.1 Å². The number of aliphatic imine (C=N–C) groups is 1. The zero-order valence-electron chi connectivity index (χ0n) is 16.1. The van der Waals surface area contributed by atoms with E-state index in [-0.39, 0.29) is 24.0 Å². The molecule has 2 heterocycles. The third kappa shape index (κ3) is 4.31. The number of hydrogen-bond donors (Lipinski definition) is 1. The first kappa shape index (κ1) is 20.2. The van der Waals surface area contributed by atoms with E-state index in [2.05, 4.69) is 49.0 Å². The van der Waals surface area contributed by atoms with Crippen LogP contribution in [0.1, 0.15) is 36.8 Å². The Balaban J connectivity index is 0.00000210. The van der Waals surface area contributed by atoms with Crippen molar-refractivity contribution in [2.75, 3.05) is 26.7 Å². The van der Waals surface area contributed by atoms with E-state index in [1.54, 1.807) is 11.1 Å². The van der Waals surface area contributed by atoms with E-state index in [0.29, 0.717) is 5.41 Å². The summed E-state index contributed by atoms with van der Waals surface area (Å²) in [7, 11) is 1.90. The molecule has 6 heteroatoms. The molecule has 1 atom stereocenters. The lowest BCUT2D eigenvalue weighted by molar-refractivity contribution is 0.188. The Labute approximate surface area is 179 Å². The molecule has 2 aliphatic rings. The molecular weight excluding hydrogens is 449 g/mol. The molecule has 0 radical (unpaired) electrons. The Bertz CT molecular complexity index is 758. The number of fused-ring (bicyclic) bond motifs is 2. The van der Waals surface area contributed by atoms with Gasteiger partial charge in [0.1, 0.15) is 0 Å². The van der Waals surface area contributed by atoms with Gasteiger partial charge in [0.2, 0.25) is 0 Å². The molecule has 0 saturated carbocycles. The van der Waals surface area contributed by atoms with Gasteiger partial charge in [0.15, 0.2) is 5.96 Å². The van der Waals surface area contributed by atoms with Crippen LogP contribution in [0.3, 0.4) is 0 Å². The Morgan fingerprint density at radius 1 is 1.26 bits per heavy atom. The van der Waals surface area contributed by atoms with Gasteiger partial charge in [-0.1, -0.05) is 24.3 Å². The summed E-state index contributed by atoms with van der Waals surface area (Å²) in [6.45, 7) is 3.94. The van der Waals surface area contributed by atoms with Gasteiger partial charge < -0.3 is 14.8 Å². The van der Waals surface area contributed by atoms with E-state index in [1.807, 2.05) is 25.8 Å². The van der Waals surface area contributed by atoms with Crippen LogP contribution in [-0.2, 0) is 18.4 Å². The van der Waals surface area contributed by atoms with Crippen LogP contribution < -0.4 is 5.32 Å². The van der Waals surface area contributed by atoms with Crippen LogP contribution in [0.25, 0.3) is 0 Å². The topological polar surface area (TPSA) is 45.5 Å². The molecule has 0 bridgehead atoms. The number of piperidine rings is 1. The lowest BCUT2D eigenvalue weighted by atomic mass is 9.66. The predicted molar refractivity (Wildman–Crippen MR) is 121 cm³/mol. The predicted octanol–water partition coefficient (Wildman–Crippen LogP) is 3.45. The van der Waals surface area contributed by atoms with Gasteiger partial charge in [-0.15, -0.1) is 24.0 Å². The van der Waals surface area contributed by atoms with Crippen LogP contribution in [0.5, 0.6) is 0 Å². The van der Waals surface area contributed by atoms with Crippen molar-refractivity contribution in [3.63, 3.8) is 0 Å². The third-order valence-electron chi connectivity index (χ3n) is 5.99. The monoisotopic (exact) mass is 479 g/mol. The van der Waals surface area contributed by atoms with E-state index in [1.165, 1.54) is 32.1 Å². The zero-order chi connectivity index (χ0) is 17.8. The number of aromatic nitrogens is 2. The van der Waals surface area contributed by atoms with Crippen molar-refractivity contribution in [1.29, 1.82) is 0 Å². The molecule has 5 nitrogen and oxygen atoms in total. The number of benzene rings is 1. The van der Waals surface area contributed by atoms with Gasteiger partial charge in [-0.3, -0.25) is 4.99 Å². The largest absolute Gasteiger partial charge is 0.354 e. The minimum absolute atomic E-state index is 0. The summed E-state index contributed by atoms with van der Waals surface area (Å²) in [5, 5.41) is 3.55. The molecule has 146 valence electrons. The van der Waals surface area contributed by atoms with Gasteiger partial charge in [-0.25, -0.2) is 4.98 Å². The normalized spacial score (nSPS) is 22.3. The highest BCUT2D eigenvalue weighted by molar-refractivity contribution is 14.0. The second kappa shape index (κ2) is 9.08. The van der Waals surface area contributed by atoms with Crippen LogP contribution in [0, 0.1) is 0 Å². The molecule has 1 N–H and O–H groups in total. The number of rotatable bonds is 3. The number of likely N-dealkylation sites (tertiary alicyclic amines) is 1. The van der Waals surface area contributed by atoms with Crippen molar-refractivity contribution >= 4 is 29.9 Å². The number of aryl methyl sites for hydroxylation is 1. The maximum Gasteiger partial charge on any atom is 0.193 e. The van der Waals surface area contributed by atoms with Crippen molar-refractivity contribution in [3.05, 3.63) is 54.1 Å². The molecule has 1 spiro atoms. The molecular formula is C21H30IN5. The van der Waals surface area contributed by atoms with Gasteiger partial charge in [0.05, 0.1) is 6.33 Å². The summed E-state index contributed by atoms with van der Waals surface area (Å²) in [6.07, 6.45) is 12.0. The SMILES string of the molecule is CN=C(NCCn1ccnc1)N1CCCC2(CCCc3ccccc32)C1.I. The second-order valence-electron chi connectivity index (χ2n) is 7.59. The number of halogens is 1. The van der Waals surface area contributed by atoms with Gasteiger partial charge >= 0.3 is 0 Å². The fourth-order valence-electron chi connectivity index (χ4n) is 4.79. The van der Waals surface area contributed by atoms with Crippen LogP contribution in [0.4, 0.5) is 0 Å². The Kier molecular flexibility index (Phi) is 6.78. The highest BCUT2D eigenvalue weighted by Gasteiger charge is 2.40. The molecule has 27 heavy (non-hydrogen) atoms. The Morgan fingerprint density at radius 3 is 2.93 bits per heavy atom. The summed E-state index contributed by atoms with van der Waals surface area (Å²) in [5.74, 6) is 1.03. The van der Waals surface area contributed by atoms with E-state index in [0.717, 1.165) is 32.1 Å². The number of imidazole rings is 1. The highest BCUT2D eigenvalue weighted by atomic mass is 127. The summed E-state index contributed by atoms with van der Waals surface area (Å²) in [6, 6.07) is 9.10. The quantitative estimate of drug-likeness (QED) is 0.417. The second-order valence-corrected chi connectivity index (χ2v) is 7.59. The fraction of sp³-hybridized carbons (Fsp3) is 0.524. The summed E-state index contributed by atoms with van der Waals surface area (Å²) in [4.78, 5) is 11.1. The van der Waals surface area contributed by atoms with E-state index in [4.69, 9.17) is 0 Å². The smallest absolute Gasteiger partial charge is 0.193 e. The average Bonchev–Trinajstić information content (AvgIpc) is 3.19. The third-order valence-corrected chi connectivity index (χ3v) is 5.99. The lowest BCUT2D eigenvalue weighted by Crippen LogP contribution is -2.53. The van der Waals surface area contributed by atoms with E-state index < -0.39 is 0 Å². The minimum atomic E-state index is 0. The summed E-state index contributed by atoms with van der Waals surface area (Å²) < 4.78 is 2.09. The van der Waals surface area contributed by atoms with Crippen LogP contribution in [0.2, 0.25) is 0 Å². The number of nitrogens with one attached hydrogen (secondary N) is 1. The number of hydrogen-bond acceptors (Lipinski definition) is 2. The molecule has 1 aromatic carbocycles. The molecule has 0 amide bonds. The molecule has 1 saturated heterocycles. The summed E-state index contributed by atoms with van der Waals surface area (Å²) >= 11 is 0. The molecule has 1 aromatic heterocycles. The van der Waals surface area contributed by atoms with Crippen molar-refractivity contribution in [3.8, 4) is 0 Å². The first-order chi connectivity index (χ1) is 12.8. The number of nitrogens with zero attached hydrogens (tertiary/aromatic N) is 4. The van der Waals surface area contributed by atoms with E-state index >= 15 is 0 Å². The van der Waals surface area contributed by atoms with Gasteiger partial charge in [-0.2, -0.15) is 0 Å². The molecule has 1 aliphatic carbocycles. The number of guanidine groups is 1. The molecule has 1 fully saturated rings. The first-order valence-corrected chi connectivity index (χ1v) is 9.80. The van der Waals surface area contributed by atoms with Crippen molar-refractivity contribution < 1.29 is 0 Å². The zero-order valence-corrected chi connectivity index (χ0v) is 18.4. The molecule has 2 aromatic rings. The van der Waals surface area contributed by atoms with Crippen molar-refractivity contribution in [1.82, 2.24) is 19.8 Å². The maximum atomic E-state index is 4.57. The van der Waals surface area contributed by atoms with Crippen LogP contribution in [0.15, 0.2) is 48.0 Å². The molecule has 1 aliphatic heterocycles. The van der Waals surface area contributed by atoms with Gasteiger partial charge in [0.25, 0.3) is 0 Å². The Morgan fingerprint density at radius 2 is 2.11 bits per heavy atom. The standard InChI is InChI=1S/C21H29N5.HI/c1-22-20(24-12-15-25-14-11-23-17-25)26-13-5-10-21(16-26)9-4-7-18-6-2-3-8-19(18)21;/h2-3,6,8,11,14,17H,4-5,7,9-10,12-13,15-16H2,1H3,(H,22,24);1H. The van der Waals surface area contributed by atoms with E-state index in [9.17, 15) is 0 Å². The van der Waals surface area contributed by atoms with Gasteiger partial charge in [0, 0.05) is 51.0 Å². The minimum Gasteiger partial charge on any atom is -0.354 e. The Hall–Kier alpha value is -1.57. The van der Waals surface area contributed by atoms with Gasteiger partial charge in [-0.05, 0) is 43.2 Å². The average molecular weight is 479 g/mol. The van der Waals surface area contributed by atoms with Crippen LogP contribution >= 0.6 is 24.0 Å². The molecule has 1 unspecified atom stereocenters.